The second kappa shape index (κ2) is 11.0. The summed E-state index contributed by atoms with van der Waals surface area (Å²) in [5.74, 6) is -1.31. The summed E-state index contributed by atoms with van der Waals surface area (Å²) < 4.78 is 46.6. The van der Waals surface area contributed by atoms with Gasteiger partial charge in [0.25, 0.3) is 5.91 Å². The molecule has 0 aliphatic heterocycles. The summed E-state index contributed by atoms with van der Waals surface area (Å²) in [5, 5.41) is 11.4. The standard InChI is InChI=1S/C24H26F3N3O3/c1-15(2)12-20(22(31)30(3)14-28)29-21(24(25,26)27)17-10-8-16(9-11-17)18-6-5-7-19(13-18)23(32)33-4/h5-11,13,15,20-21,29H,12H2,1-4H3. The van der Waals surface area contributed by atoms with Crippen LogP contribution < -0.4 is 5.32 Å². The number of nitriles is 1. The van der Waals surface area contributed by atoms with Crippen molar-refractivity contribution in [3.63, 3.8) is 0 Å². The predicted octanol–water partition coefficient (Wildman–Crippen LogP) is 4.69. The number of likely N-dealkylation sites (N-methyl/N-ethyl adjacent to an activating group) is 1. The third kappa shape index (κ3) is 6.80. The van der Waals surface area contributed by atoms with Crippen molar-refractivity contribution >= 4 is 11.9 Å². The van der Waals surface area contributed by atoms with E-state index in [-0.39, 0.29) is 17.9 Å². The Morgan fingerprint density at radius 3 is 2.27 bits per heavy atom. The molecular formula is C24H26F3N3O3. The third-order valence-corrected chi connectivity index (χ3v) is 5.04. The van der Waals surface area contributed by atoms with Crippen molar-refractivity contribution in [3.8, 4) is 17.3 Å². The lowest BCUT2D eigenvalue weighted by Crippen LogP contribution is -2.49. The molecule has 33 heavy (non-hydrogen) atoms. The van der Waals surface area contributed by atoms with Crippen molar-refractivity contribution in [2.24, 2.45) is 5.92 Å². The van der Waals surface area contributed by atoms with Gasteiger partial charge in [-0.15, -0.1) is 0 Å². The Bertz CT molecular complexity index is 1010. The first-order valence-corrected chi connectivity index (χ1v) is 10.3. The summed E-state index contributed by atoms with van der Waals surface area (Å²) in [4.78, 5) is 25.0. The van der Waals surface area contributed by atoms with Gasteiger partial charge in [0.1, 0.15) is 6.04 Å². The number of amides is 1. The molecule has 0 aromatic heterocycles. The molecule has 0 radical (unpaired) electrons. The van der Waals surface area contributed by atoms with E-state index in [4.69, 9.17) is 10.00 Å². The molecule has 2 atom stereocenters. The molecule has 0 fully saturated rings. The van der Waals surface area contributed by atoms with Crippen molar-refractivity contribution in [1.29, 1.82) is 5.26 Å². The van der Waals surface area contributed by atoms with Crippen molar-refractivity contribution in [1.82, 2.24) is 10.2 Å². The number of esters is 1. The van der Waals surface area contributed by atoms with Gasteiger partial charge in [0, 0.05) is 7.05 Å². The van der Waals surface area contributed by atoms with Gasteiger partial charge in [0.2, 0.25) is 0 Å². The Morgan fingerprint density at radius 2 is 1.76 bits per heavy atom. The Balaban J connectivity index is 2.36. The number of halogens is 3. The van der Waals surface area contributed by atoms with Crippen molar-refractivity contribution in [3.05, 3.63) is 59.7 Å². The maximum Gasteiger partial charge on any atom is 0.407 e. The van der Waals surface area contributed by atoms with E-state index in [0.29, 0.717) is 16.7 Å². The fourth-order valence-corrected chi connectivity index (χ4v) is 3.39. The van der Waals surface area contributed by atoms with Crippen LogP contribution in [0.15, 0.2) is 48.5 Å². The highest BCUT2D eigenvalue weighted by Crippen LogP contribution is 2.35. The zero-order chi connectivity index (χ0) is 24.8. The summed E-state index contributed by atoms with van der Waals surface area (Å²) in [6.45, 7) is 3.57. The Morgan fingerprint density at radius 1 is 1.12 bits per heavy atom. The number of methoxy groups -OCH3 is 1. The number of hydrogen-bond donors (Lipinski definition) is 1. The van der Waals surface area contributed by atoms with Crippen LogP contribution in [-0.4, -0.2) is 43.2 Å². The van der Waals surface area contributed by atoms with Gasteiger partial charge in [-0.25, -0.2) is 4.79 Å². The lowest BCUT2D eigenvalue weighted by molar-refractivity contribution is -0.162. The van der Waals surface area contributed by atoms with Gasteiger partial charge in [0.05, 0.1) is 18.7 Å². The van der Waals surface area contributed by atoms with Crippen molar-refractivity contribution < 1.29 is 27.5 Å². The van der Waals surface area contributed by atoms with E-state index in [1.165, 1.54) is 38.4 Å². The number of nitrogens with zero attached hydrogens (tertiary/aromatic N) is 2. The zero-order valence-electron chi connectivity index (χ0n) is 18.8. The molecule has 2 rings (SSSR count). The van der Waals surface area contributed by atoms with Crippen LogP contribution in [0.1, 0.15) is 42.2 Å². The fourth-order valence-electron chi connectivity index (χ4n) is 3.39. The molecule has 0 aliphatic carbocycles. The Hall–Kier alpha value is -3.38. The molecule has 2 aromatic carbocycles. The normalized spacial score (nSPS) is 13.2. The average Bonchev–Trinajstić information content (AvgIpc) is 2.79. The van der Waals surface area contributed by atoms with Crippen LogP contribution >= 0.6 is 0 Å². The average molecular weight is 461 g/mol. The molecule has 0 saturated carbocycles. The number of nitrogens with one attached hydrogen (secondary N) is 1. The smallest absolute Gasteiger partial charge is 0.407 e. The number of hydrogen-bond acceptors (Lipinski definition) is 5. The monoisotopic (exact) mass is 461 g/mol. The van der Waals surface area contributed by atoms with Gasteiger partial charge in [-0.1, -0.05) is 50.2 Å². The topological polar surface area (TPSA) is 82.4 Å². The van der Waals surface area contributed by atoms with Gasteiger partial charge in [-0.2, -0.15) is 18.4 Å². The highest BCUT2D eigenvalue weighted by molar-refractivity contribution is 5.91. The van der Waals surface area contributed by atoms with E-state index >= 15 is 0 Å². The summed E-state index contributed by atoms with van der Waals surface area (Å²) in [6.07, 6.45) is -2.90. The molecule has 176 valence electrons. The van der Waals surface area contributed by atoms with Crippen LogP contribution in [0.3, 0.4) is 0 Å². The summed E-state index contributed by atoms with van der Waals surface area (Å²) >= 11 is 0. The van der Waals surface area contributed by atoms with E-state index in [1.807, 2.05) is 0 Å². The van der Waals surface area contributed by atoms with Crippen LogP contribution in [0.25, 0.3) is 11.1 Å². The van der Waals surface area contributed by atoms with Crippen LogP contribution in [-0.2, 0) is 9.53 Å². The Kier molecular flexibility index (Phi) is 8.60. The van der Waals surface area contributed by atoms with Crippen molar-refractivity contribution in [2.45, 2.75) is 38.5 Å². The van der Waals surface area contributed by atoms with Gasteiger partial charge in [-0.05, 0) is 41.2 Å². The number of benzene rings is 2. The van der Waals surface area contributed by atoms with E-state index in [1.54, 1.807) is 44.3 Å². The number of ether oxygens (including phenoxy) is 1. The van der Waals surface area contributed by atoms with Crippen LogP contribution in [0.5, 0.6) is 0 Å². The summed E-state index contributed by atoms with van der Waals surface area (Å²) in [6, 6.07) is 8.98. The molecule has 1 amide bonds. The van der Waals surface area contributed by atoms with Crippen molar-refractivity contribution in [2.75, 3.05) is 14.2 Å². The molecule has 9 heteroatoms. The molecular weight excluding hydrogens is 435 g/mol. The van der Waals surface area contributed by atoms with Crippen LogP contribution in [0, 0.1) is 17.4 Å². The van der Waals surface area contributed by atoms with Gasteiger partial charge < -0.3 is 4.74 Å². The number of carbonyl (C=O) groups is 2. The largest absolute Gasteiger partial charge is 0.465 e. The lowest BCUT2D eigenvalue weighted by atomic mass is 9.97. The highest BCUT2D eigenvalue weighted by Gasteiger charge is 2.43. The molecule has 2 aromatic rings. The quantitative estimate of drug-likeness (QED) is 0.350. The first kappa shape index (κ1) is 25.9. The molecule has 1 N–H and O–H groups in total. The molecule has 0 aliphatic rings. The fraction of sp³-hybridized carbons (Fsp3) is 0.375. The van der Waals surface area contributed by atoms with Gasteiger partial charge in [0.15, 0.2) is 6.19 Å². The third-order valence-electron chi connectivity index (χ3n) is 5.04. The molecule has 0 heterocycles. The highest BCUT2D eigenvalue weighted by atomic mass is 19.4. The van der Waals surface area contributed by atoms with Crippen LogP contribution in [0.2, 0.25) is 0 Å². The lowest BCUT2D eigenvalue weighted by Gasteiger charge is -2.29. The molecule has 0 bridgehead atoms. The van der Waals surface area contributed by atoms with E-state index in [9.17, 15) is 22.8 Å². The maximum absolute atomic E-state index is 14.0. The predicted molar refractivity (Wildman–Crippen MR) is 117 cm³/mol. The first-order chi connectivity index (χ1) is 15.5. The van der Waals surface area contributed by atoms with E-state index in [2.05, 4.69) is 5.32 Å². The van der Waals surface area contributed by atoms with E-state index < -0.39 is 30.1 Å². The maximum atomic E-state index is 14.0. The minimum atomic E-state index is -4.67. The minimum absolute atomic E-state index is 0.0723. The number of carbonyl (C=O) groups excluding carboxylic acids is 2. The van der Waals surface area contributed by atoms with Gasteiger partial charge >= 0.3 is 12.1 Å². The minimum Gasteiger partial charge on any atom is -0.465 e. The number of rotatable bonds is 8. The molecule has 2 unspecified atom stereocenters. The Labute approximate surface area is 191 Å². The van der Waals surface area contributed by atoms with E-state index in [0.717, 1.165) is 4.90 Å². The second-order valence-electron chi connectivity index (χ2n) is 8.02. The summed E-state index contributed by atoms with van der Waals surface area (Å²) in [5.41, 5.74) is 1.51. The van der Waals surface area contributed by atoms with Crippen LogP contribution in [0.4, 0.5) is 13.2 Å². The zero-order valence-corrected chi connectivity index (χ0v) is 18.8. The SMILES string of the molecule is COC(=O)c1cccc(-c2ccc(C(NC(CC(C)C)C(=O)N(C)C#N)C(F)(F)F)cc2)c1. The molecule has 0 spiro atoms. The molecule has 0 saturated heterocycles. The van der Waals surface area contributed by atoms with Gasteiger partial charge in [-0.3, -0.25) is 15.0 Å². The number of alkyl halides is 3. The first-order valence-electron chi connectivity index (χ1n) is 10.3. The summed E-state index contributed by atoms with van der Waals surface area (Å²) in [7, 11) is 2.48. The molecule has 6 nitrogen and oxygen atoms in total. The second-order valence-corrected chi connectivity index (χ2v) is 8.02.